The summed E-state index contributed by atoms with van der Waals surface area (Å²) in [5.74, 6) is 0. The van der Waals surface area contributed by atoms with Gasteiger partial charge in [0.25, 0.3) is 0 Å². The van der Waals surface area contributed by atoms with Crippen LogP contribution < -0.4 is 0 Å². The van der Waals surface area contributed by atoms with Crippen LogP contribution in [0.4, 0.5) is 0 Å². The summed E-state index contributed by atoms with van der Waals surface area (Å²) in [5, 5.41) is 0. The zero-order valence-electron chi connectivity index (χ0n) is 10.7. The van der Waals surface area contributed by atoms with Crippen molar-refractivity contribution in [3.63, 3.8) is 0 Å². The molecule has 6 heteroatoms. The van der Waals surface area contributed by atoms with Crippen LogP contribution in [0.2, 0.25) is 0 Å². The van der Waals surface area contributed by atoms with Crippen molar-refractivity contribution in [2.45, 2.75) is 51.1 Å². The molecule has 0 aliphatic heterocycles. The lowest BCUT2D eigenvalue weighted by Crippen LogP contribution is -2.36. The molecule has 0 aliphatic rings. The number of aliphatic imine (C=N–C) groups is 3. The maximum Gasteiger partial charge on any atom is 0.235 e. The van der Waals surface area contributed by atoms with Gasteiger partial charge < -0.3 is 0 Å². The Hall–Kier alpha value is -1.86. The van der Waals surface area contributed by atoms with E-state index in [-0.39, 0.29) is 6.04 Å². The van der Waals surface area contributed by atoms with E-state index < -0.39 is 5.54 Å². The summed E-state index contributed by atoms with van der Waals surface area (Å²) in [4.78, 5) is 41.6. The summed E-state index contributed by atoms with van der Waals surface area (Å²) in [6.07, 6.45) is 7.08. The lowest BCUT2D eigenvalue weighted by Gasteiger charge is -2.28. The Bertz CT molecular complexity index is 391. The molecule has 0 rings (SSSR count). The minimum Gasteiger partial charge on any atom is -0.211 e. The molecule has 0 bridgehead atoms. The van der Waals surface area contributed by atoms with E-state index in [1.165, 1.54) is 18.2 Å². The van der Waals surface area contributed by atoms with Crippen molar-refractivity contribution in [1.29, 1.82) is 0 Å². The molecule has 0 saturated heterocycles. The van der Waals surface area contributed by atoms with Crippen LogP contribution in [0.5, 0.6) is 0 Å². The molecule has 0 fully saturated rings. The molecule has 0 amide bonds. The number of hydrogen-bond donors (Lipinski definition) is 0. The summed E-state index contributed by atoms with van der Waals surface area (Å²) in [7, 11) is 0. The molecular formula is C12H17N3O3. The average molecular weight is 251 g/mol. The molecule has 0 heterocycles. The second-order valence-corrected chi connectivity index (χ2v) is 4.13. The largest absolute Gasteiger partial charge is 0.235 e. The molecule has 0 spiro atoms. The fourth-order valence-corrected chi connectivity index (χ4v) is 1.85. The third kappa shape index (κ3) is 5.46. The summed E-state index contributed by atoms with van der Waals surface area (Å²) in [6, 6.07) is -0.383. The first-order chi connectivity index (χ1) is 8.64. The van der Waals surface area contributed by atoms with Crippen LogP contribution in [0.3, 0.4) is 0 Å². The van der Waals surface area contributed by atoms with Gasteiger partial charge in [-0.3, -0.25) is 0 Å². The monoisotopic (exact) mass is 251 g/mol. The lowest BCUT2D eigenvalue weighted by atomic mass is 9.86. The van der Waals surface area contributed by atoms with Crippen LogP contribution in [0.15, 0.2) is 15.0 Å². The molecule has 2 unspecified atom stereocenters. The number of rotatable bonds is 9. The molecule has 0 N–H and O–H groups in total. The van der Waals surface area contributed by atoms with Gasteiger partial charge in [-0.15, -0.1) is 0 Å². The molecule has 0 aliphatic carbocycles. The van der Waals surface area contributed by atoms with Crippen molar-refractivity contribution in [2.75, 3.05) is 6.54 Å². The fraction of sp³-hybridized carbons (Fsp3) is 0.750. The lowest BCUT2D eigenvalue weighted by molar-refractivity contribution is 0.334. The van der Waals surface area contributed by atoms with Gasteiger partial charge in [-0.2, -0.15) is 9.98 Å². The van der Waals surface area contributed by atoms with Gasteiger partial charge in [0.1, 0.15) is 0 Å². The Balaban J connectivity index is 4.64. The molecule has 0 aromatic heterocycles. The predicted octanol–water partition coefficient (Wildman–Crippen LogP) is 1.70. The molecule has 0 radical (unpaired) electrons. The van der Waals surface area contributed by atoms with Crippen LogP contribution in [-0.2, 0) is 14.4 Å². The first kappa shape index (κ1) is 16.1. The number of nitrogens with zero attached hydrogens (tertiary/aromatic N) is 3. The smallest absolute Gasteiger partial charge is 0.211 e. The SMILES string of the molecule is CCC(N=C=O)C(C)(CCCCN=C=O)N=C=O. The third-order valence-electron chi connectivity index (χ3n) is 2.88. The van der Waals surface area contributed by atoms with Gasteiger partial charge in [-0.25, -0.2) is 19.4 Å². The van der Waals surface area contributed by atoms with E-state index in [0.29, 0.717) is 25.8 Å². The van der Waals surface area contributed by atoms with Crippen LogP contribution >= 0.6 is 0 Å². The maximum atomic E-state index is 10.5. The quantitative estimate of drug-likeness (QED) is 0.355. The normalized spacial score (nSPS) is 14.3. The highest BCUT2D eigenvalue weighted by Crippen LogP contribution is 2.27. The van der Waals surface area contributed by atoms with Crippen LogP contribution in [0.1, 0.15) is 39.5 Å². The van der Waals surface area contributed by atoms with E-state index in [1.54, 1.807) is 6.92 Å². The Morgan fingerprint density at radius 2 is 1.83 bits per heavy atom. The first-order valence-electron chi connectivity index (χ1n) is 5.84. The Morgan fingerprint density at radius 3 is 2.33 bits per heavy atom. The van der Waals surface area contributed by atoms with E-state index in [1.807, 2.05) is 6.92 Å². The van der Waals surface area contributed by atoms with E-state index >= 15 is 0 Å². The minimum atomic E-state index is -0.751. The number of unbranched alkanes of at least 4 members (excludes halogenated alkanes) is 1. The number of isocyanates is 3. The molecule has 18 heavy (non-hydrogen) atoms. The van der Waals surface area contributed by atoms with Crippen molar-refractivity contribution in [3.05, 3.63) is 0 Å². The van der Waals surface area contributed by atoms with Crippen molar-refractivity contribution < 1.29 is 14.4 Å². The molecular weight excluding hydrogens is 234 g/mol. The van der Waals surface area contributed by atoms with E-state index in [4.69, 9.17) is 0 Å². The van der Waals surface area contributed by atoms with Gasteiger partial charge in [0.2, 0.25) is 18.2 Å². The average Bonchev–Trinajstić information content (AvgIpc) is 2.36. The van der Waals surface area contributed by atoms with Crippen LogP contribution in [0.25, 0.3) is 0 Å². The van der Waals surface area contributed by atoms with Crippen LogP contribution in [0, 0.1) is 0 Å². The topological polar surface area (TPSA) is 88.3 Å². The Morgan fingerprint density at radius 1 is 1.11 bits per heavy atom. The molecule has 98 valence electrons. The summed E-state index contributed by atoms with van der Waals surface area (Å²) in [6.45, 7) is 4.02. The zero-order chi connectivity index (χ0) is 13.9. The van der Waals surface area contributed by atoms with Gasteiger partial charge in [-0.1, -0.05) is 6.92 Å². The molecule has 0 saturated carbocycles. The summed E-state index contributed by atoms with van der Waals surface area (Å²) < 4.78 is 0. The van der Waals surface area contributed by atoms with Crippen molar-refractivity contribution in [1.82, 2.24) is 0 Å². The van der Waals surface area contributed by atoms with Crippen LogP contribution in [-0.4, -0.2) is 36.4 Å². The van der Waals surface area contributed by atoms with Gasteiger partial charge in [0.05, 0.1) is 18.1 Å². The van der Waals surface area contributed by atoms with Crippen molar-refractivity contribution >= 4 is 18.2 Å². The highest BCUT2D eigenvalue weighted by Gasteiger charge is 2.32. The molecule has 2 atom stereocenters. The van der Waals surface area contributed by atoms with Gasteiger partial charge >= 0.3 is 0 Å². The van der Waals surface area contributed by atoms with E-state index in [0.717, 1.165) is 6.42 Å². The second-order valence-electron chi connectivity index (χ2n) is 4.13. The van der Waals surface area contributed by atoms with Crippen molar-refractivity contribution in [2.24, 2.45) is 15.0 Å². The molecule has 0 aromatic rings. The fourth-order valence-electron chi connectivity index (χ4n) is 1.85. The van der Waals surface area contributed by atoms with E-state index in [2.05, 4.69) is 15.0 Å². The first-order valence-corrected chi connectivity index (χ1v) is 5.84. The van der Waals surface area contributed by atoms with Gasteiger partial charge in [0.15, 0.2) is 0 Å². The Kier molecular flexibility index (Phi) is 8.25. The maximum absolute atomic E-state index is 10.5. The van der Waals surface area contributed by atoms with Gasteiger partial charge in [0, 0.05) is 0 Å². The standard InChI is InChI=1S/C12H17N3O3/c1-3-11(14-9-17)12(2,15-10-18)6-4-5-7-13-8-16/h11H,3-7H2,1-2H3. The molecule has 0 aromatic carbocycles. The Labute approximate surface area is 106 Å². The summed E-state index contributed by atoms with van der Waals surface area (Å²) >= 11 is 0. The second kappa shape index (κ2) is 9.20. The number of carbonyl (C=O) groups excluding carboxylic acids is 3. The van der Waals surface area contributed by atoms with Crippen molar-refractivity contribution in [3.8, 4) is 0 Å². The minimum absolute atomic E-state index is 0.383. The van der Waals surface area contributed by atoms with E-state index in [9.17, 15) is 14.4 Å². The predicted molar refractivity (Wildman–Crippen MR) is 65.6 cm³/mol. The highest BCUT2D eigenvalue weighted by atomic mass is 16.1. The third-order valence-corrected chi connectivity index (χ3v) is 2.88. The van der Waals surface area contributed by atoms with Gasteiger partial charge in [-0.05, 0) is 32.6 Å². The molecule has 6 nitrogen and oxygen atoms in total. The summed E-state index contributed by atoms with van der Waals surface area (Å²) in [5.41, 5.74) is -0.751. The highest BCUT2D eigenvalue weighted by molar-refractivity contribution is 5.37. The number of hydrogen-bond acceptors (Lipinski definition) is 6. The zero-order valence-corrected chi connectivity index (χ0v) is 10.7.